The van der Waals surface area contributed by atoms with E-state index in [0.29, 0.717) is 123 Å². The molecule has 1 aromatic carbocycles. The topological polar surface area (TPSA) is 325 Å². The van der Waals surface area contributed by atoms with Crippen LogP contribution >= 0.6 is 0 Å². The van der Waals surface area contributed by atoms with Crippen molar-refractivity contribution in [1.82, 2.24) is 11.6 Å². The van der Waals surface area contributed by atoms with Crippen LogP contribution in [-0.4, -0.2) is 142 Å². The molecule has 0 aliphatic carbocycles. The van der Waals surface area contributed by atoms with Gasteiger partial charge in [0.05, 0.1) is 79.3 Å². The van der Waals surface area contributed by atoms with E-state index in [-0.39, 0.29) is 38.9 Å². The number of carboxylic acid groups (broad SMARTS) is 1. The number of nitrogens with two attached hydrogens (primary N) is 3. The minimum absolute atomic E-state index is 0. The first-order chi connectivity index (χ1) is 27.2. The number of hydrazine groups is 1. The van der Waals surface area contributed by atoms with E-state index in [4.69, 9.17) is 44.4 Å². The number of ether oxygens (including phenoxy) is 6. The Morgan fingerprint density at radius 2 is 1.12 bits per heavy atom. The molecule has 0 spiro atoms. The van der Waals surface area contributed by atoms with Crippen LogP contribution in [0.5, 0.6) is 0 Å². The SMILES string of the molecule is CC.CC(C)CC=O.CNN.CNc1ccc(C(O)C(=O)O)cc1.N.NCCOCCOCCOCCOCCOCCOCCC=O.N[N-]OCCCCC=O.[Y]. The summed E-state index contributed by atoms with van der Waals surface area (Å²) < 4.78 is 31.6. The van der Waals surface area contributed by atoms with Crippen molar-refractivity contribution in [2.45, 2.75) is 65.9 Å². The normalized spacial score (nSPS) is 9.91. The predicted octanol–water partition coefficient (Wildman–Crippen LogP) is 2.51. The van der Waals surface area contributed by atoms with E-state index in [9.17, 15) is 19.2 Å². The Balaban J connectivity index is -0.000000126. The predicted molar refractivity (Wildman–Crippen MR) is 222 cm³/mol. The number of carbonyl (C=O) groups excluding carboxylic acids is 3. The summed E-state index contributed by atoms with van der Waals surface area (Å²) in [4.78, 5) is 44.3. The summed E-state index contributed by atoms with van der Waals surface area (Å²) in [5.41, 5.74) is 11.7. The molecule has 1 radical (unpaired) electrons. The fourth-order valence-electron chi connectivity index (χ4n) is 3.03. The number of carbonyl (C=O) groups is 4. The van der Waals surface area contributed by atoms with E-state index < -0.39 is 12.1 Å². The summed E-state index contributed by atoms with van der Waals surface area (Å²) in [6.45, 7) is 15.4. The zero-order chi connectivity index (χ0) is 43.3. The van der Waals surface area contributed by atoms with Crippen LogP contribution in [0.15, 0.2) is 24.3 Å². The summed E-state index contributed by atoms with van der Waals surface area (Å²) in [6.07, 6.45) is 4.62. The zero-order valence-corrected chi connectivity index (χ0v) is 38.8. The first-order valence-corrected chi connectivity index (χ1v) is 18.7. The van der Waals surface area contributed by atoms with E-state index in [2.05, 4.69) is 32.9 Å². The molecule has 58 heavy (non-hydrogen) atoms. The minimum Gasteiger partial charge on any atom is -0.479 e. The molecular weight excluding hydrogens is 839 g/mol. The van der Waals surface area contributed by atoms with Crippen LogP contribution in [0.25, 0.3) is 5.59 Å². The number of rotatable bonds is 31. The van der Waals surface area contributed by atoms with Crippen molar-refractivity contribution in [3.63, 3.8) is 0 Å². The molecule has 343 valence electrons. The standard InChI is InChI=1S/C15H31NO7.C9H11NO3.C5H11N2O2.C5H10O.C2H6.CH6N2.H3N.Y/c16-2-5-19-7-9-21-11-13-23-15-14-22-12-10-20-8-6-18-4-1-3-17;1-10-7-4-2-6(3-5-7)8(11)9(12)13;6-7-9-5-3-1-2-4-8;1-5(2)3-4-6;1-2;1-3-2;;/h3H,1-2,4-16H2;2-5,8,10-11H,1H3,(H,12,13);4H,1-3,5-6H2;4-5H,3H2,1-2H3;1-2H3;3H,2H2,1H3;1H3;/q;;-1;;;;;. The van der Waals surface area contributed by atoms with E-state index in [0.717, 1.165) is 37.4 Å². The van der Waals surface area contributed by atoms with Gasteiger partial charge in [-0.1, -0.05) is 39.8 Å². The number of anilines is 1. The monoisotopic (exact) mass is 917 g/mol. The van der Waals surface area contributed by atoms with Gasteiger partial charge < -0.3 is 86.5 Å². The molecule has 13 N–H and O–H groups in total. The number of unbranched alkanes of at least 4 members (excludes halogenated alkanes) is 2. The third-order valence-corrected chi connectivity index (χ3v) is 5.70. The first-order valence-electron chi connectivity index (χ1n) is 18.7. The smallest absolute Gasteiger partial charge is 0.337 e. The van der Waals surface area contributed by atoms with Gasteiger partial charge in [0.1, 0.15) is 18.9 Å². The molecule has 0 saturated carbocycles. The van der Waals surface area contributed by atoms with Gasteiger partial charge in [0.25, 0.3) is 0 Å². The molecule has 0 aliphatic heterocycles. The van der Waals surface area contributed by atoms with Crippen LogP contribution in [0.4, 0.5) is 5.69 Å². The number of hydrogen-bond donors (Lipinski definition) is 8. The van der Waals surface area contributed by atoms with Gasteiger partial charge in [0.15, 0.2) is 6.10 Å². The molecule has 0 aromatic heterocycles. The van der Waals surface area contributed by atoms with E-state index >= 15 is 0 Å². The van der Waals surface area contributed by atoms with Crippen molar-refractivity contribution < 1.29 is 95.4 Å². The average Bonchev–Trinajstić information content (AvgIpc) is 3.20. The van der Waals surface area contributed by atoms with Crippen LogP contribution in [0.1, 0.15) is 71.5 Å². The molecule has 20 nitrogen and oxygen atoms in total. The Labute approximate surface area is 372 Å². The maximum Gasteiger partial charge on any atom is 0.337 e. The van der Waals surface area contributed by atoms with Crippen molar-refractivity contribution >= 4 is 30.5 Å². The van der Waals surface area contributed by atoms with Crippen molar-refractivity contribution in [1.29, 1.82) is 0 Å². The molecule has 0 amide bonds. The van der Waals surface area contributed by atoms with Crippen molar-refractivity contribution in [2.24, 2.45) is 23.3 Å². The van der Waals surface area contributed by atoms with Crippen LogP contribution in [-0.2, 0) is 85.1 Å². The largest absolute Gasteiger partial charge is 0.479 e. The summed E-state index contributed by atoms with van der Waals surface area (Å²) >= 11 is 0. The van der Waals surface area contributed by atoms with Crippen LogP contribution in [0.2, 0.25) is 0 Å². The molecule has 1 aromatic rings. The van der Waals surface area contributed by atoms with Crippen LogP contribution in [0.3, 0.4) is 0 Å². The Kier molecular flexibility index (Phi) is 81.4. The fourth-order valence-corrected chi connectivity index (χ4v) is 3.03. The molecule has 21 heteroatoms. The number of aliphatic hydroxyl groups is 1. The number of aliphatic carboxylic acids is 1. The molecule has 0 fully saturated rings. The number of aliphatic hydroxyl groups excluding tert-OH is 1. The average molecular weight is 918 g/mol. The van der Waals surface area contributed by atoms with Gasteiger partial charge in [-0.05, 0) is 43.5 Å². The zero-order valence-electron chi connectivity index (χ0n) is 36.0. The Morgan fingerprint density at radius 3 is 1.41 bits per heavy atom. The molecule has 1 unspecified atom stereocenters. The van der Waals surface area contributed by atoms with Gasteiger partial charge in [0.2, 0.25) is 0 Å². The van der Waals surface area contributed by atoms with E-state index in [1.54, 1.807) is 38.4 Å². The second-order valence-electron chi connectivity index (χ2n) is 10.7. The second-order valence-corrected chi connectivity index (χ2v) is 10.7. The van der Waals surface area contributed by atoms with Gasteiger partial charge in [-0.25, -0.2) is 4.79 Å². The Hall–Kier alpha value is -1.96. The number of benzene rings is 1. The summed E-state index contributed by atoms with van der Waals surface area (Å²) in [6, 6.07) is 6.57. The Morgan fingerprint density at radius 1 is 0.724 bits per heavy atom. The van der Waals surface area contributed by atoms with Gasteiger partial charge in [-0.2, -0.15) is 0 Å². The molecule has 1 atom stereocenters. The number of carboxylic acids is 1. The van der Waals surface area contributed by atoms with Crippen molar-refractivity contribution in [3.8, 4) is 0 Å². The molecule has 1 rings (SSSR count). The Bertz CT molecular complexity index is 919. The summed E-state index contributed by atoms with van der Waals surface area (Å²) in [5.74, 6) is 8.57. The van der Waals surface area contributed by atoms with Gasteiger partial charge >= 0.3 is 5.97 Å². The van der Waals surface area contributed by atoms with Gasteiger partial charge in [0, 0.05) is 77.9 Å². The minimum atomic E-state index is -1.44. The van der Waals surface area contributed by atoms with Gasteiger partial charge in [-0.15, -0.1) is 0 Å². The molecule has 0 bridgehead atoms. The second kappa shape index (κ2) is 66.8. The number of nitrogens with one attached hydrogen (secondary N) is 2. The maximum absolute atomic E-state index is 10.4. The van der Waals surface area contributed by atoms with Gasteiger partial charge in [-0.3, -0.25) is 11.3 Å². The third-order valence-electron chi connectivity index (χ3n) is 5.70. The van der Waals surface area contributed by atoms with E-state index in [1.807, 2.05) is 27.7 Å². The molecular formula is C37H78N7O13Y-. The number of nitrogens with zero attached hydrogens (tertiary/aromatic N) is 1. The summed E-state index contributed by atoms with van der Waals surface area (Å²) in [7, 11) is 3.42. The molecule has 0 aliphatic rings. The quantitative estimate of drug-likeness (QED) is 0.0230. The molecule has 0 saturated heterocycles. The maximum atomic E-state index is 10.4. The molecule has 0 heterocycles. The first kappa shape index (κ1) is 70.6. The number of aldehydes is 3. The van der Waals surface area contributed by atoms with Crippen LogP contribution < -0.4 is 34.3 Å². The number of hydrogen-bond acceptors (Lipinski definition) is 18. The van der Waals surface area contributed by atoms with Crippen LogP contribution in [0, 0.1) is 5.92 Å². The van der Waals surface area contributed by atoms with Crippen molar-refractivity contribution in [3.05, 3.63) is 35.4 Å². The van der Waals surface area contributed by atoms with Crippen molar-refractivity contribution in [2.75, 3.05) is 112 Å². The third kappa shape index (κ3) is 68.7. The summed E-state index contributed by atoms with van der Waals surface area (Å²) in [5, 5.41) is 20.5. The fraction of sp³-hybridized carbons (Fsp3) is 0.730. The van der Waals surface area contributed by atoms with E-state index in [1.165, 1.54) is 0 Å².